The first-order valence-electron chi connectivity index (χ1n) is 14.1. The molecule has 0 saturated carbocycles. The third-order valence-electron chi connectivity index (χ3n) is 7.59. The van der Waals surface area contributed by atoms with Crippen LogP contribution in [0, 0.1) is 0 Å². The number of rotatable bonds is 10. The van der Waals surface area contributed by atoms with Crippen LogP contribution in [-0.4, -0.2) is 21.5 Å². The zero-order chi connectivity index (χ0) is 29.6. The van der Waals surface area contributed by atoms with Crippen molar-refractivity contribution in [2.75, 3.05) is 0 Å². The summed E-state index contributed by atoms with van der Waals surface area (Å²) in [6, 6.07) is 58.6. The van der Waals surface area contributed by atoms with E-state index in [1.165, 1.54) is 0 Å². The molecule has 0 fully saturated rings. The normalized spacial score (nSPS) is 12.1. The molecule has 0 amide bonds. The van der Waals surface area contributed by atoms with Gasteiger partial charge in [0.05, 0.1) is 0 Å². The van der Waals surface area contributed by atoms with Gasteiger partial charge in [-0.1, -0.05) is 182 Å². The third-order valence-corrected chi connectivity index (χ3v) is 18.5. The predicted molar refractivity (Wildman–Crippen MR) is 180 cm³/mol. The highest BCUT2D eigenvalue weighted by Gasteiger charge is 2.53. The Labute approximate surface area is 254 Å². The van der Waals surface area contributed by atoms with Gasteiger partial charge in [0, 0.05) is 0 Å². The highest BCUT2D eigenvalue weighted by Crippen LogP contribution is 2.48. The standard InChI is InChI=1S/C36H31O4PSi2/c37-41(38,39-42(31-19-7-1-8-20-31,32-21-9-2-10-22-32)33-23-11-3-12-24-33)40-43(34-25-13-4-14-26-34,35-27-15-5-16-28-35)36-29-17-6-18-30-36/h1-30H,(H,37,38). The van der Waals surface area contributed by atoms with Crippen molar-refractivity contribution in [3.05, 3.63) is 182 Å². The van der Waals surface area contributed by atoms with Gasteiger partial charge in [-0.2, -0.15) is 0 Å². The lowest BCUT2D eigenvalue weighted by Gasteiger charge is -2.38. The summed E-state index contributed by atoms with van der Waals surface area (Å²) in [7, 11) is -12.0. The van der Waals surface area contributed by atoms with E-state index >= 15 is 0 Å². The van der Waals surface area contributed by atoms with Gasteiger partial charge in [-0.3, -0.25) is 0 Å². The molecular weight excluding hydrogens is 584 g/mol. The summed E-state index contributed by atoms with van der Waals surface area (Å²) in [6.07, 6.45) is 0. The average molecular weight is 615 g/mol. The molecule has 6 aromatic rings. The first-order chi connectivity index (χ1) is 21.0. The number of benzene rings is 6. The number of hydrogen-bond donors (Lipinski definition) is 1. The number of hydrogen-bond acceptors (Lipinski definition) is 3. The molecule has 0 unspecified atom stereocenters. The molecule has 43 heavy (non-hydrogen) atoms. The maximum absolute atomic E-state index is 14.9. The van der Waals surface area contributed by atoms with Gasteiger partial charge in [-0.05, 0) is 31.1 Å². The van der Waals surface area contributed by atoms with Crippen LogP contribution in [0.4, 0.5) is 0 Å². The van der Waals surface area contributed by atoms with E-state index < -0.39 is 24.5 Å². The van der Waals surface area contributed by atoms with Crippen LogP contribution >= 0.6 is 7.82 Å². The molecule has 0 saturated heterocycles. The molecule has 6 aromatic carbocycles. The lowest BCUT2D eigenvalue weighted by molar-refractivity contribution is 0.294. The lowest BCUT2D eigenvalue weighted by atomic mass is 10.3. The average Bonchev–Trinajstić information content (AvgIpc) is 3.08. The van der Waals surface area contributed by atoms with Crippen molar-refractivity contribution in [3.8, 4) is 0 Å². The van der Waals surface area contributed by atoms with Crippen molar-refractivity contribution in [2.45, 2.75) is 0 Å². The van der Waals surface area contributed by atoms with Crippen molar-refractivity contribution in [3.63, 3.8) is 0 Å². The fourth-order valence-electron chi connectivity index (χ4n) is 5.72. The molecular formula is C36H31O4PSi2. The van der Waals surface area contributed by atoms with Gasteiger partial charge < -0.3 is 13.3 Å². The second kappa shape index (κ2) is 12.6. The van der Waals surface area contributed by atoms with Gasteiger partial charge in [-0.15, -0.1) is 0 Å². The first kappa shape index (κ1) is 29.0. The molecule has 0 radical (unpaired) electrons. The second-order valence-corrected chi connectivity index (χ2v) is 18.8. The predicted octanol–water partition coefficient (Wildman–Crippen LogP) is 4.45. The highest BCUT2D eigenvalue weighted by molar-refractivity contribution is 7.53. The molecule has 1 N–H and O–H groups in total. The Bertz CT molecular complexity index is 1470. The van der Waals surface area contributed by atoms with Crippen LogP contribution in [0.15, 0.2) is 182 Å². The Hall–Kier alpha value is -4.14. The summed E-state index contributed by atoms with van der Waals surface area (Å²) < 4.78 is 28.4. The smallest absolute Gasteiger partial charge is 0.316 e. The van der Waals surface area contributed by atoms with E-state index in [2.05, 4.69) is 0 Å². The summed E-state index contributed by atoms with van der Waals surface area (Å²) >= 11 is 0. The third kappa shape index (κ3) is 5.77. The van der Waals surface area contributed by atoms with E-state index in [0.717, 1.165) is 31.1 Å². The van der Waals surface area contributed by atoms with E-state index in [1.807, 2.05) is 182 Å². The van der Waals surface area contributed by atoms with Crippen molar-refractivity contribution >= 4 is 55.6 Å². The first-order valence-corrected chi connectivity index (χ1v) is 19.4. The van der Waals surface area contributed by atoms with Crippen LogP contribution in [0.1, 0.15) is 0 Å². The van der Waals surface area contributed by atoms with Gasteiger partial charge in [0.2, 0.25) is 0 Å². The fourth-order valence-corrected chi connectivity index (χ4v) is 17.5. The van der Waals surface area contributed by atoms with Gasteiger partial charge in [0.15, 0.2) is 0 Å². The summed E-state index contributed by atoms with van der Waals surface area (Å²) in [6.45, 7) is 0. The van der Waals surface area contributed by atoms with Crippen LogP contribution in [0.2, 0.25) is 0 Å². The van der Waals surface area contributed by atoms with Crippen LogP contribution in [-0.2, 0) is 13.0 Å². The molecule has 0 aliphatic carbocycles. The SMILES string of the molecule is O=P(O)(O[Si](c1ccccc1)(c1ccccc1)c1ccccc1)O[Si](c1ccccc1)(c1ccccc1)c1ccccc1. The minimum Gasteiger partial charge on any atom is -0.316 e. The Morgan fingerprint density at radius 1 is 0.349 bits per heavy atom. The quantitative estimate of drug-likeness (QED) is 0.141. The summed E-state index contributed by atoms with van der Waals surface area (Å²) in [4.78, 5) is 12.1. The van der Waals surface area contributed by atoms with Crippen molar-refractivity contribution in [2.24, 2.45) is 0 Å². The zero-order valence-electron chi connectivity index (χ0n) is 23.4. The molecule has 0 bridgehead atoms. The second-order valence-electron chi connectivity index (χ2n) is 10.2. The summed E-state index contributed by atoms with van der Waals surface area (Å²) in [5.74, 6) is 0. The summed E-state index contributed by atoms with van der Waals surface area (Å²) in [5, 5.41) is 5.06. The Morgan fingerprint density at radius 3 is 0.674 bits per heavy atom. The summed E-state index contributed by atoms with van der Waals surface area (Å²) in [5.41, 5.74) is 0. The molecule has 0 heterocycles. The zero-order valence-corrected chi connectivity index (χ0v) is 26.3. The molecule has 0 aliphatic rings. The Kier molecular flexibility index (Phi) is 8.50. The van der Waals surface area contributed by atoms with E-state index in [9.17, 15) is 9.46 Å². The van der Waals surface area contributed by atoms with Crippen LogP contribution in [0.25, 0.3) is 0 Å². The van der Waals surface area contributed by atoms with Crippen LogP contribution in [0.5, 0.6) is 0 Å². The molecule has 7 heteroatoms. The van der Waals surface area contributed by atoms with E-state index in [1.54, 1.807) is 0 Å². The van der Waals surface area contributed by atoms with Crippen molar-refractivity contribution < 1.29 is 17.9 Å². The Balaban J connectivity index is 1.59. The maximum atomic E-state index is 14.9. The monoisotopic (exact) mass is 614 g/mol. The topological polar surface area (TPSA) is 55.8 Å². The van der Waals surface area contributed by atoms with Gasteiger partial charge in [0.1, 0.15) is 0 Å². The molecule has 0 spiro atoms. The maximum Gasteiger partial charge on any atom is 0.454 e. The number of phosphoric acid groups is 1. The van der Waals surface area contributed by atoms with E-state index in [4.69, 9.17) is 8.43 Å². The largest absolute Gasteiger partial charge is 0.454 e. The van der Waals surface area contributed by atoms with Crippen molar-refractivity contribution in [1.29, 1.82) is 0 Å². The molecule has 212 valence electrons. The van der Waals surface area contributed by atoms with Crippen LogP contribution in [0.3, 0.4) is 0 Å². The molecule has 4 nitrogen and oxygen atoms in total. The molecule has 0 aliphatic heterocycles. The molecule has 0 atom stereocenters. The minimum absolute atomic E-state index is 0.844. The van der Waals surface area contributed by atoms with Gasteiger partial charge in [-0.25, -0.2) is 4.57 Å². The van der Waals surface area contributed by atoms with Crippen LogP contribution < -0.4 is 31.1 Å². The fraction of sp³-hybridized carbons (Fsp3) is 0. The van der Waals surface area contributed by atoms with Gasteiger partial charge in [0.25, 0.3) is 0 Å². The Morgan fingerprint density at radius 2 is 0.512 bits per heavy atom. The van der Waals surface area contributed by atoms with E-state index in [-0.39, 0.29) is 0 Å². The minimum atomic E-state index is -4.80. The lowest BCUT2D eigenvalue weighted by Crippen LogP contribution is -2.71. The van der Waals surface area contributed by atoms with Crippen molar-refractivity contribution in [1.82, 2.24) is 0 Å². The highest BCUT2D eigenvalue weighted by atomic mass is 31.2. The van der Waals surface area contributed by atoms with E-state index in [0.29, 0.717) is 0 Å². The molecule has 6 rings (SSSR count). The van der Waals surface area contributed by atoms with Gasteiger partial charge >= 0.3 is 24.5 Å². The molecule has 0 aromatic heterocycles.